The Balaban J connectivity index is 1.69. The van der Waals surface area contributed by atoms with Gasteiger partial charge in [-0.1, -0.05) is 47.5 Å². The van der Waals surface area contributed by atoms with Crippen molar-refractivity contribution in [2.75, 3.05) is 24.9 Å². The number of benzene rings is 2. The number of carbonyl (C=O) groups excluding carboxylic acids is 1. The summed E-state index contributed by atoms with van der Waals surface area (Å²) < 4.78 is 12.4. The molecule has 0 saturated heterocycles. The predicted octanol–water partition coefficient (Wildman–Crippen LogP) is 5.62. The molecule has 8 heteroatoms. The second-order valence-corrected chi connectivity index (χ2v) is 7.28. The fraction of sp³-hybridized carbons (Fsp3) is 0.130. The molecule has 0 fully saturated rings. The van der Waals surface area contributed by atoms with Crippen LogP contribution < -0.4 is 20.1 Å². The third kappa shape index (κ3) is 4.13. The second kappa shape index (κ2) is 8.57. The largest absolute Gasteiger partial charge is 0.495 e. The summed E-state index contributed by atoms with van der Waals surface area (Å²) in [6, 6.07) is 16.4. The Morgan fingerprint density at radius 3 is 2.45 bits per heavy atom. The average Bonchev–Trinajstić information content (AvgIpc) is 3.13. The minimum absolute atomic E-state index is 0.355. The third-order valence-electron chi connectivity index (χ3n) is 4.81. The number of urea groups is 1. The van der Waals surface area contributed by atoms with E-state index in [1.807, 2.05) is 60.0 Å². The number of ether oxygens (including phenoxy) is 2. The lowest BCUT2D eigenvalue weighted by atomic mass is 10.1. The summed E-state index contributed by atoms with van der Waals surface area (Å²) in [5.41, 5.74) is 3.84. The molecule has 2 N–H and O–H groups in total. The molecule has 0 aliphatic carbocycles. The first-order valence-corrected chi connectivity index (χ1v) is 9.91. The van der Waals surface area contributed by atoms with Crippen molar-refractivity contribution >= 4 is 34.8 Å². The number of aromatic nitrogens is 2. The lowest BCUT2D eigenvalue weighted by Gasteiger charge is -2.14. The fourth-order valence-corrected chi connectivity index (χ4v) is 3.49. The van der Waals surface area contributed by atoms with E-state index in [0.29, 0.717) is 33.7 Å². The maximum Gasteiger partial charge on any atom is 0.324 e. The lowest BCUT2D eigenvalue weighted by Crippen LogP contribution is -2.21. The SMILES string of the molecule is COc1cc(OC)c(NC(=O)Nc2c(-c3ccc(C)cc3)nc3ccccn23)cc1Cl. The van der Waals surface area contributed by atoms with Gasteiger partial charge in [0.2, 0.25) is 0 Å². The molecule has 4 aromatic rings. The van der Waals surface area contributed by atoms with E-state index in [-0.39, 0.29) is 0 Å². The quantitative estimate of drug-likeness (QED) is 0.425. The van der Waals surface area contributed by atoms with E-state index in [1.54, 1.807) is 12.1 Å². The topological polar surface area (TPSA) is 76.9 Å². The number of carbonyl (C=O) groups is 1. The van der Waals surface area contributed by atoms with Gasteiger partial charge < -0.3 is 14.8 Å². The van der Waals surface area contributed by atoms with Crippen molar-refractivity contribution in [3.8, 4) is 22.8 Å². The number of nitrogens with zero attached hydrogens (tertiary/aromatic N) is 2. The Hall–Kier alpha value is -3.71. The van der Waals surface area contributed by atoms with Gasteiger partial charge in [-0.05, 0) is 25.1 Å². The number of hydrogen-bond donors (Lipinski definition) is 2. The van der Waals surface area contributed by atoms with Crippen LogP contribution >= 0.6 is 11.6 Å². The van der Waals surface area contributed by atoms with Crippen LogP contribution in [0.4, 0.5) is 16.3 Å². The van der Waals surface area contributed by atoms with Crippen molar-refractivity contribution in [2.45, 2.75) is 6.92 Å². The van der Waals surface area contributed by atoms with Gasteiger partial charge in [0.15, 0.2) is 0 Å². The number of pyridine rings is 1. The highest BCUT2D eigenvalue weighted by atomic mass is 35.5. The molecule has 0 spiro atoms. The van der Waals surface area contributed by atoms with E-state index in [9.17, 15) is 4.79 Å². The number of aryl methyl sites for hydroxylation is 1. The van der Waals surface area contributed by atoms with Crippen LogP contribution in [0.15, 0.2) is 60.8 Å². The first-order chi connectivity index (χ1) is 15.0. The second-order valence-electron chi connectivity index (χ2n) is 6.87. The molecular formula is C23H21ClN4O3. The molecule has 0 bridgehead atoms. The molecule has 0 radical (unpaired) electrons. The summed E-state index contributed by atoms with van der Waals surface area (Å²) in [6.45, 7) is 2.02. The highest BCUT2D eigenvalue weighted by molar-refractivity contribution is 6.32. The van der Waals surface area contributed by atoms with Gasteiger partial charge in [-0.2, -0.15) is 0 Å². The summed E-state index contributed by atoms with van der Waals surface area (Å²) >= 11 is 6.21. The molecule has 2 heterocycles. The van der Waals surface area contributed by atoms with Crippen LogP contribution in [0.25, 0.3) is 16.9 Å². The molecule has 0 saturated carbocycles. The van der Waals surface area contributed by atoms with Gasteiger partial charge in [-0.15, -0.1) is 0 Å². The van der Waals surface area contributed by atoms with Crippen molar-refractivity contribution in [3.05, 3.63) is 71.4 Å². The summed E-state index contributed by atoms with van der Waals surface area (Å²) in [4.78, 5) is 17.6. The zero-order valence-electron chi connectivity index (χ0n) is 17.3. The van der Waals surface area contributed by atoms with Gasteiger partial charge in [0.1, 0.15) is 28.7 Å². The van der Waals surface area contributed by atoms with Crippen molar-refractivity contribution in [1.29, 1.82) is 0 Å². The Morgan fingerprint density at radius 2 is 1.74 bits per heavy atom. The zero-order chi connectivity index (χ0) is 22.0. The molecule has 2 amide bonds. The maximum atomic E-state index is 12.9. The molecule has 0 aliphatic rings. The number of nitrogens with one attached hydrogen (secondary N) is 2. The Kier molecular flexibility index (Phi) is 5.68. The monoisotopic (exact) mass is 436 g/mol. The van der Waals surface area contributed by atoms with E-state index in [4.69, 9.17) is 26.1 Å². The smallest absolute Gasteiger partial charge is 0.324 e. The number of halogens is 1. The van der Waals surface area contributed by atoms with Crippen LogP contribution in [0.1, 0.15) is 5.56 Å². The van der Waals surface area contributed by atoms with Crippen LogP contribution in [0.2, 0.25) is 5.02 Å². The van der Waals surface area contributed by atoms with Crippen LogP contribution in [0.3, 0.4) is 0 Å². The third-order valence-corrected chi connectivity index (χ3v) is 5.10. The minimum atomic E-state index is -0.460. The van der Waals surface area contributed by atoms with Crippen LogP contribution in [0, 0.1) is 6.92 Å². The van der Waals surface area contributed by atoms with Crippen LogP contribution in [0.5, 0.6) is 11.5 Å². The van der Waals surface area contributed by atoms with Gasteiger partial charge in [0.25, 0.3) is 0 Å². The summed E-state index contributed by atoms with van der Waals surface area (Å²) in [5.74, 6) is 1.43. The van der Waals surface area contributed by atoms with E-state index in [1.165, 1.54) is 14.2 Å². The van der Waals surface area contributed by atoms with Crippen molar-refractivity contribution in [1.82, 2.24) is 9.38 Å². The van der Waals surface area contributed by atoms with Gasteiger partial charge in [-0.25, -0.2) is 9.78 Å². The first-order valence-electron chi connectivity index (χ1n) is 9.54. The molecule has 0 aliphatic heterocycles. The summed E-state index contributed by atoms with van der Waals surface area (Å²) in [7, 11) is 3.02. The van der Waals surface area contributed by atoms with Gasteiger partial charge in [0, 0.05) is 17.8 Å². The van der Waals surface area contributed by atoms with E-state index >= 15 is 0 Å². The standard InChI is InChI=1S/C23H21ClN4O3/c1-14-7-9-15(10-8-14)21-22(28-11-5-4-6-20(28)26-21)27-23(29)25-17-12-16(24)18(30-2)13-19(17)31-3/h4-13H,1-3H3,(H2,25,27,29). The fourth-order valence-electron chi connectivity index (χ4n) is 3.25. The number of amides is 2. The molecule has 0 atom stereocenters. The molecule has 4 rings (SSSR count). The molecule has 7 nitrogen and oxygen atoms in total. The summed E-state index contributed by atoms with van der Waals surface area (Å²) in [5, 5.41) is 6.06. The molecule has 2 aromatic heterocycles. The van der Waals surface area contributed by atoms with Crippen LogP contribution in [-0.4, -0.2) is 29.6 Å². The Morgan fingerprint density at radius 1 is 1.00 bits per heavy atom. The van der Waals surface area contributed by atoms with Crippen molar-refractivity contribution in [2.24, 2.45) is 0 Å². The number of hydrogen-bond acceptors (Lipinski definition) is 4. The number of imidazole rings is 1. The first kappa shape index (κ1) is 20.6. The zero-order valence-corrected chi connectivity index (χ0v) is 18.0. The van der Waals surface area contributed by atoms with E-state index < -0.39 is 6.03 Å². The predicted molar refractivity (Wildman–Crippen MR) is 123 cm³/mol. The van der Waals surface area contributed by atoms with Gasteiger partial charge in [0.05, 0.1) is 24.9 Å². The summed E-state index contributed by atoms with van der Waals surface area (Å²) in [6.07, 6.45) is 1.85. The number of fused-ring (bicyclic) bond motifs is 1. The molecule has 158 valence electrons. The van der Waals surface area contributed by atoms with E-state index in [2.05, 4.69) is 10.6 Å². The molecular weight excluding hydrogens is 416 g/mol. The molecule has 0 unspecified atom stereocenters. The molecule has 2 aromatic carbocycles. The van der Waals surface area contributed by atoms with E-state index in [0.717, 1.165) is 16.8 Å². The highest BCUT2D eigenvalue weighted by Crippen LogP contribution is 2.36. The number of anilines is 2. The highest BCUT2D eigenvalue weighted by Gasteiger charge is 2.18. The normalized spacial score (nSPS) is 10.7. The van der Waals surface area contributed by atoms with Crippen LogP contribution in [-0.2, 0) is 0 Å². The Bertz CT molecular complexity index is 1250. The van der Waals surface area contributed by atoms with Gasteiger partial charge in [-0.3, -0.25) is 9.72 Å². The number of rotatable bonds is 5. The molecule has 31 heavy (non-hydrogen) atoms. The average molecular weight is 437 g/mol. The Labute approximate surface area is 184 Å². The maximum absolute atomic E-state index is 12.9. The lowest BCUT2D eigenvalue weighted by molar-refractivity contribution is 0.262. The minimum Gasteiger partial charge on any atom is -0.495 e. The number of methoxy groups -OCH3 is 2. The van der Waals surface area contributed by atoms with Crippen molar-refractivity contribution in [3.63, 3.8) is 0 Å². The van der Waals surface area contributed by atoms with Crippen molar-refractivity contribution < 1.29 is 14.3 Å². The van der Waals surface area contributed by atoms with Gasteiger partial charge >= 0.3 is 6.03 Å².